The van der Waals surface area contributed by atoms with Crippen LogP contribution < -0.4 is 10.1 Å². The van der Waals surface area contributed by atoms with Crippen molar-refractivity contribution in [1.29, 1.82) is 0 Å². The van der Waals surface area contributed by atoms with Crippen LogP contribution in [-0.4, -0.2) is 41.5 Å². The van der Waals surface area contributed by atoms with Gasteiger partial charge in [0.25, 0.3) is 5.91 Å². The minimum Gasteiger partial charge on any atom is -0.496 e. The predicted octanol–water partition coefficient (Wildman–Crippen LogP) is 2.77. The maximum absolute atomic E-state index is 12.5. The van der Waals surface area contributed by atoms with Gasteiger partial charge in [-0.2, -0.15) is 5.10 Å². The first-order chi connectivity index (χ1) is 11.5. The van der Waals surface area contributed by atoms with Gasteiger partial charge in [-0.25, -0.2) is 0 Å². The Labute approximate surface area is 141 Å². The van der Waals surface area contributed by atoms with Gasteiger partial charge in [-0.05, 0) is 44.9 Å². The van der Waals surface area contributed by atoms with Gasteiger partial charge in [0.2, 0.25) is 0 Å². The molecule has 3 rings (SSSR count). The molecule has 0 bridgehead atoms. The molecule has 1 saturated heterocycles. The van der Waals surface area contributed by atoms with Crippen LogP contribution >= 0.6 is 0 Å². The Hall–Kier alpha value is -2.34. The molecule has 2 N–H and O–H groups in total. The molecule has 2 aromatic rings. The number of nitrogens with zero attached hydrogens (tertiary/aromatic N) is 1. The van der Waals surface area contributed by atoms with Gasteiger partial charge < -0.3 is 14.8 Å². The fraction of sp³-hybridized carbons (Fsp3) is 0.444. The van der Waals surface area contributed by atoms with Gasteiger partial charge in [0.15, 0.2) is 0 Å². The van der Waals surface area contributed by atoms with Crippen molar-refractivity contribution in [3.8, 4) is 17.0 Å². The highest BCUT2D eigenvalue weighted by molar-refractivity contribution is 5.93. The number of carbonyl (C=O) groups excluding carboxylic acids is 1. The number of aromatic nitrogens is 2. The van der Waals surface area contributed by atoms with E-state index in [1.165, 1.54) is 0 Å². The summed E-state index contributed by atoms with van der Waals surface area (Å²) < 4.78 is 11.0. The molecule has 1 aromatic heterocycles. The molecular weight excluding hydrogens is 306 g/mol. The highest BCUT2D eigenvalue weighted by Gasteiger charge is 2.30. The Morgan fingerprint density at radius 1 is 1.42 bits per heavy atom. The van der Waals surface area contributed by atoms with Gasteiger partial charge in [-0.1, -0.05) is 12.1 Å². The summed E-state index contributed by atoms with van der Waals surface area (Å²) in [6.45, 7) is 4.75. The van der Waals surface area contributed by atoms with E-state index in [1.54, 1.807) is 13.2 Å². The zero-order valence-corrected chi connectivity index (χ0v) is 14.3. The van der Waals surface area contributed by atoms with Crippen molar-refractivity contribution in [2.75, 3.05) is 13.7 Å². The van der Waals surface area contributed by atoms with Crippen LogP contribution in [0.3, 0.4) is 0 Å². The van der Waals surface area contributed by atoms with Crippen LogP contribution in [0.5, 0.6) is 5.75 Å². The average Bonchev–Trinajstić information content (AvgIpc) is 3.04. The second kappa shape index (κ2) is 6.65. The summed E-state index contributed by atoms with van der Waals surface area (Å²) in [6, 6.07) is 9.45. The molecule has 1 amide bonds. The molecule has 1 unspecified atom stereocenters. The zero-order chi connectivity index (χ0) is 17.2. The van der Waals surface area contributed by atoms with E-state index in [4.69, 9.17) is 9.47 Å². The quantitative estimate of drug-likeness (QED) is 0.904. The minimum absolute atomic E-state index is 0.110. The number of ether oxygens (including phenoxy) is 2. The number of rotatable bonds is 4. The highest BCUT2D eigenvalue weighted by Crippen LogP contribution is 2.28. The lowest BCUT2D eigenvalue weighted by Gasteiger charge is -2.35. The summed E-state index contributed by atoms with van der Waals surface area (Å²) in [5.41, 5.74) is 1.78. The minimum atomic E-state index is -0.202. The van der Waals surface area contributed by atoms with Gasteiger partial charge in [0, 0.05) is 18.2 Å². The molecule has 24 heavy (non-hydrogen) atoms. The highest BCUT2D eigenvalue weighted by atomic mass is 16.5. The summed E-state index contributed by atoms with van der Waals surface area (Å²) in [5.74, 6) is 0.577. The Morgan fingerprint density at radius 3 is 2.96 bits per heavy atom. The summed E-state index contributed by atoms with van der Waals surface area (Å²) in [5, 5.41) is 10.1. The fourth-order valence-corrected chi connectivity index (χ4v) is 3.05. The third-order valence-corrected chi connectivity index (χ3v) is 4.24. The van der Waals surface area contributed by atoms with E-state index in [-0.39, 0.29) is 17.6 Å². The molecule has 1 aromatic carbocycles. The van der Waals surface area contributed by atoms with Crippen LogP contribution in [0.2, 0.25) is 0 Å². The second-order valence-corrected chi connectivity index (χ2v) is 6.64. The van der Waals surface area contributed by atoms with Gasteiger partial charge >= 0.3 is 0 Å². The molecule has 1 atom stereocenters. The van der Waals surface area contributed by atoms with Gasteiger partial charge in [0.1, 0.15) is 11.4 Å². The smallest absolute Gasteiger partial charge is 0.269 e. The van der Waals surface area contributed by atoms with Gasteiger partial charge in [-0.3, -0.25) is 9.89 Å². The van der Waals surface area contributed by atoms with Crippen LogP contribution in [0, 0.1) is 0 Å². The zero-order valence-electron chi connectivity index (χ0n) is 14.3. The Morgan fingerprint density at radius 2 is 2.21 bits per heavy atom. The number of amides is 1. The predicted molar refractivity (Wildman–Crippen MR) is 91.1 cm³/mol. The van der Waals surface area contributed by atoms with Crippen molar-refractivity contribution >= 4 is 5.91 Å². The third kappa shape index (κ3) is 3.59. The van der Waals surface area contributed by atoms with Gasteiger partial charge in [-0.15, -0.1) is 0 Å². The number of para-hydroxylation sites is 1. The molecule has 1 aliphatic heterocycles. The lowest BCUT2D eigenvalue weighted by Crippen LogP contribution is -2.45. The van der Waals surface area contributed by atoms with Crippen molar-refractivity contribution in [3.63, 3.8) is 0 Å². The average molecular weight is 329 g/mol. The topological polar surface area (TPSA) is 76.2 Å². The van der Waals surface area contributed by atoms with E-state index in [1.807, 2.05) is 38.1 Å². The molecule has 6 heteroatoms. The number of benzene rings is 1. The number of H-pyrrole nitrogens is 1. The van der Waals surface area contributed by atoms with E-state index in [2.05, 4.69) is 15.5 Å². The first kappa shape index (κ1) is 16.5. The number of aromatic amines is 1. The molecular formula is C18H23N3O3. The maximum Gasteiger partial charge on any atom is 0.269 e. The molecule has 0 saturated carbocycles. The molecule has 0 spiro atoms. The Balaban J connectivity index is 1.72. The molecule has 1 fully saturated rings. The standard InChI is InChI=1S/C18H23N3O3/c1-18(2)11-12(8-9-24-18)19-17(22)15-10-14(20-21-15)13-6-4-5-7-16(13)23-3/h4-7,10,12H,8-9,11H2,1-3H3,(H,19,22)(H,20,21). The largest absolute Gasteiger partial charge is 0.496 e. The Kier molecular flexibility index (Phi) is 4.57. The van der Waals surface area contributed by atoms with Crippen LogP contribution in [0.25, 0.3) is 11.3 Å². The van der Waals surface area contributed by atoms with Gasteiger partial charge in [0.05, 0.1) is 18.4 Å². The molecule has 0 radical (unpaired) electrons. The first-order valence-corrected chi connectivity index (χ1v) is 8.12. The lowest BCUT2D eigenvalue weighted by molar-refractivity contribution is -0.0615. The lowest BCUT2D eigenvalue weighted by atomic mass is 9.94. The summed E-state index contributed by atoms with van der Waals surface area (Å²) >= 11 is 0. The molecule has 1 aliphatic rings. The normalized spacial score (nSPS) is 19.7. The summed E-state index contributed by atoms with van der Waals surface area (Å²) in [4.78, 5) is 12.5. The van der Waals surface area contributed by atoms with E-state index >= 15 is 0 Å². The van der Waals surface area contributed by atoms with Crippen molar-refractivity contribution in [3.05, 3.63) is 36.0 Å². The van der Waals surface area contributed by atoms with E-state index < -0.39 is 0 Å². The number of methoxy groups -OCH3 is 1. The van der Waals surface area contributed by atoms with Crippen LogP contribution in [0.1, 0.15) is 37.2 Å². The van der Waals surface area contributed by atoms with E-state index in [0.29, 0.717) is 18.0 Å². The number of hydrogen-bond acceptors (Lipinski definition) is 4. The Bertz CT molecular complexity index is 724. The van der Waals surface area contributed by atoms with Crippen molar-refractivity contribution in [2.24, 2.45) is 0 Å². The number of nitrogens with one attached hydrogen (secondary N) is 2. The fourth-order valence-electron chi connectivity index (χ4n) is 3.05. The SMILES string of the molecule is COc1ccccc1-c1cc(C(=O)NC2CCOC(C)(C)C2)[nH]n1. The van der Waals surface area contributed by atoms with Crippen molar-refractivity contribution in [1.82, 2.24) is 15.5 Å². The third-order valence-electron chi connectivity index (χ3n) is 4.24. The second-order valence-electron chi connectivity index (χ2n) is 6.64. The monoisotopic (exact) mass is 329 g/mol. The first-order valence-electron chi connectivity index (χ1n) is 8.12. The van der Waals surface area contributed by atoms with Crippen LogP contribution in [0.15, 0.2) is 30.3 Å². The molecule has 128 valence electrons. The molecule has 6 nitrogen and oxygen atoms in total. The summed E-state index contributed by atoms with van der Waals surface area (Å²) in [7, 11) is 1.62. The van der Waals surface area contributed by atoms with E-state index in [9.17, 15) is 4.79 Å². The van der Waals surface area contributed by atoms with Crippen LogP contribution in [0.4, 0.5) is 0 Å². The van der Waals surface area contributed by atoms with Crippen molar-refractivity contribution in [2.45, 2.75) is 38.3 Å². The van der Waals surface area contributed by atoms with E-state index in [0.717, 1.165) is 24.2 Å². The molecule has 2 heterocycles. The van der Waals surface area contributed by atoms with Crippen molar-refractivity contribution < 1.29 is 14.3 Å². The number of carbonyl (C=O) groups is 1. The summed E-state index contributed by atoms with van der Waals surface area (Å²) in [6.07, 6.45) is 1.62. The molecule has 0 aliphatic carbocycles. The maximum atomic E-state index is 12.5. The van der Waals surface area contributed by atoms with Crippen LogP contribution in [-0.2, 0) is 4.74 Å². The number of hydrogen-bond donors (Lipinski definition) is 2.